The van der Waals surface area contributed by atoms with Crippen LogP contribution in [0.1, 0.15) is 46.7 Å². The fourth-order valence-electron chi connectivity index (χ4n) is 6.04. The number of halogens is 3. The zero-order chi connectivity index (χ0) is 33.6. The third-order valence-corrected chi connectivity index (χ3v) is 8.36. The maximum absolute atomic E-state index is 12.6. The second kappa shape index (κ2) is 14.8. The fourth-order valence-corrected chi connectivity index (χ4v) is 6.04. The molecule has 3 heterocycles. The zero-order valence-electron chi connectivity index (χ0n) is 26.3. The number of carbonyl (C=O) groups excluding carboxylic acids is 1. The first-order valence-corrected chi connectivity index (χ1v) is 15.5. The van der Waals surface area contributed by atoms with E-state index in [1.54, 1.807) is 0 Å². The van der Waals surface area contributed by atoms with Gasteiger partial charge in [-0.15, -0.1) is 0 Å². The maximum atomic E-state index is 12.6. The van der Waals surface area contributed by atoms with Crippen molar-refractivity contribution in [3.05, 3.63) is 106 Å². The standard InChI is InChI=1S/C34H37N5O.C2HF3O2/c1-38(2)23-28-9-6-18-39(28)22-25-12-10-24(11-13-25)15-17-32-29-16-14-26(20-33(29)37-36-32)19-30-31(21-35-34(30)40)27-7-4-3-5-8-27;3-2(4,5)1(6)7/h3-5,7-8,10-17,19-20,28,31H,6,9,18,21-23H2,1-2H3,(H,35,40)(H,36,37);(H,6,7)/b17-15+,30-19+;/t28-,31?;/m1./s1. The molecule has 8 nitrogen and oxygen atoms in total. The van der Waals surface area contributed by atoms with Crippen LogP contribution in [0.4, 0.5) is 13.2 Å². The maximum Gasteiger partial charge on any atom is 0.490 e. The fraction of sp³-hybridized carbons (Fsp3) is 0.306. The van der Waals surface area contributed by atoms with Crippen LogP contribution in [0, 0.1) is 0 Å². The monoisotopic (exact) mass is 645 g/mol. The molecule has 2 fully saturated rings. The number of nitrogens with one attached hydrogen (secondary N) is 2. The molecule has 4 aromatic rings. The van der Waals surface area contributed by atoms with E-state index in [1.165, 1.54) is 24.9 Å². The lowest BCUT2D eigenvalue weighted by atomic mass is 9.92. The number of carboxylic acids is 1. The Morgan fingerprint density at radius 2 is 1.74 bits per heavy atom. The third-order valence-electron chi connectivity index (χ3n) is 8.36. The van der Waals surface area contributed by atoms with Gasteiger partial charge in [0.25, 0.3) is 0 Å². The quantitative estimate of drug-likeness (QED) is 0.198. The summed E-state index contributed by atoms with van der Waals surface area (Å²) in [6, 6.07) is 25.9. The highest BCUT2D eigenvalue weighted by atomic mass is 19.4. The zero-order valence-corrected chi connectivity index (χ0v) is 26.3. The van der Waals surface area contributed by atoms with Gasteiger partial charge in [0, 0.05) is 42.6 Å². The van der Waals surface area contributed by atoms with Crippen LogP contribution in [0.25, 0.3) is 29.1 Å². The number of carboxylic acid groups (broad SMARTS) is 1. The van der Waals surface area contributed by atoms with E-state index >= 15 is 0 Å². The number of hydrogen-bond acceptors (Lipinski definition) is 5. The van der Waals surface area contributed by atoms with Crippen LogP contribution >= 0.6 is 0 Å². The Hall–Kier alpha value is -4.74. The number of benzene rings is 3. The normalized spacial score (nSPS) is 19.4. The Morgan fingerprint density at radius 3 is 2.43 bits per heavy atom. The molecule has 0 spiro atoms. The molecule has 2 aliphatic heterocycles. The second-order valence-electron chi connectivity index (χ2n) is 12.1. The Bertz CT molecular complexity index is 1750. The van der Waals surface area contributed by atoms with Gasteiger partial charge in [0.15, 0.2) is 0 Å². The number of fused-ring (bicyclic) bond motifs is 1. The van der Waals surface area contributed by atoms with Crippen LogP contribution in [0.15, 0.2) is 78.4 Å². The summed E-state index contributed by atoms with van der Waals surface area (Å²) in [6.45, 7) is 3.96. The number of hydrogen-bond donors (Lipinski definition) is 3. The van der Waals surface area contributed by atoms with Crippen LogP contribution in [-0.2, 0) is 16.1 Å². The lowest BCUT2D eigenvalue weighted by Crippen LogP contribution is -2.37. The van der Waals surface area contributed by atoms with E-state index in [0.717, 1.165) is 51.9 Å². The van der Waals surface area contributed by atoms with Gasteiger partial charge in [0.2, 0.25) is 5.91 Å². The molecule has 11 heteroatoms. The Balaban J connectivity index is 0.000000559. The highest BCUT2D eigenvalue weighted by Crippen LogP contribution is 2.31. The summed E-state index contributed by atoms with van der Waals surface area (Å²) in [5.41, 5.74) is 7.32. The first-order chi connectivity index (χ1) is 22.5. The molecular formula is C36H38F3N5O3. The molecule has 0 bridgehead atoms. The minimum absolute atomic E-state index is 0.00186. The molecule has 1 unspecified atom stereocenters. The summed E-state index contributed by atoms with van der Waals surface area (Å²) >= 11 is 0. The predicted octanol–water partition coefficient (Wildman–Crippen LogP) is 6.19. The molecule has 2 aliphatic rings. The number of alkyl halides is 3. The molecule has 6 rings (SSSR count). The smallest absolute Gasteiger partial charge is 0.475 e. The highest BCUT2D eigenvalue weighted by Gasteiger charge is 2.38. The molecule has 3 N–H and O–H groups in total. The van der Waals surface area contributed by atoms with E-state index in [0.29, 0.717) is 12.6 Å². The minimum atomic E-state index is -5.08. The summed E-state index contributed by atoms with van der Waals surface area (Å²) in [7, 11) is 4.32. The van der Waals surface area contributed by atoms with Crippen molar-refractivity contribution in [2.45, 2.75) is 37.5 Å². The van der Waals surface area contributed by atoms with Crippen LogP contribution in [0.5, 0.6) is 0 Å². The van der Waals surface area contributed by atoms with E-state index in [-0.39, 0.29) is 11.8 Å². The summed E-state index contributed by atoms with van der Waals surface area (Å²) < 4.78 is 31.7. The molecule has 47 heavy (non-hydrogen) atoms. The van der Waals surface area contributed by atoms with Gasteiger partial charge in [-0.05, 0) is 80.0 Å². The van der Waals surface area contributed by atoms with Gasteiger partial charge in [-0.2, -0.15) is 18.3 Å². The first-order valence-electron chi connectivity index (χ1n) is 15.5. The van der Waals surface area contributed by atoms with Crippen molar-refractivity contribution in [1.29, 1.82) is 0 Å². The Kier molecular flexibility index (Phi) is 10.6. The number of rotatable bonds is 8. The van der Waals surface area contributed by atoms with Gasteiger partial charge in [-0.3, -0.25) is 14.8 Å². The number of amides is 1. The third kappa shape index (κ3) is 8.75. The van der Waals surface area contributed by atoms with Gasteiger partial charge >= 0.3 is 12.1 Å². The largest absolute Gasteiger partial charge is 0.490 e. The molecule has 0 aliphatic carbocycles. The molecule has 2 atom stereocenters. The summed E-state index contributed by atoms with van der Waals surface area (Å²) in [5.74, 6) is -2.69. The molecule has 3 aromatic carbocycles. The van der Waals surface area contributed by atoms with Crippen molar-refractivity contribution in [2.75, 3.05) is 33.7 Å². The summed E-state index contributed by atoms with van der Waals surface area (Å²) in [4.78, 5) is 26.4. The number of H-pyrrole nitrogens is 1. The average Bonchev–Trinajstić information content (AvgIpc) is 3.75. The van der Waals surface area contributed by atoms with Crippen molar-refractivity contribution in [1.82, 2.24) is 25.3 Å². The van der Waals surface area contributed by atoms with Crippen LogP contribution < -0.4 is 5.32 Å². The number of aromatic nitrogens is 2. The topological polar surface area (TPSA) is 102 Å². The predicted molar refractivity (Wildman–Crippen MR) is 177 cm³/mol. The van der Waals surface area contributed by atoms with Crippen molar-refractivity contribution < 1.29 is 27.9 Å². The van der Waals surface area contributed by atoms with Gasteiger partial charge in [0.1, 0.15) is 0 Å². The molecule has 2 saturated heterocycles. The van der Waals surface area contributed by atoms with E-state index in [9.17, 15) is 18.0 Å². The number of likely N-dealkylation sites (N-methyl/N-ethyl adjacent to an activating group) is 1. The van der Waals surface area contributed by atoms with Gasteiger partial charge in [-0.25, -0.2) is 4.79 Å². The van der Waals surface area contributed by atoms with Crippen LogP contribution in [0.3, 0.4) is 0 Å². The summed E-state index contributed by atoms with van der Waals surface area (Å²) in [6.07, 6.45) is 3.68. The number of carbonyl (C=O) groups is 2. The number of likely N-dealkylation sites (tertiary alicyclic amines) is 1. The molecule has 246 valence electrons. The number of nitrogens with zero attached hydrogens (tertiary/aromatic N) is 3. The molecule has 1 amide bonds. The SMILES string of the molecule is CN(C)C[C@H]1CCCN1Cc1ccc(/C=C/c2n[nH]c3cc(/C=C4/C(=O)NCC4c4ccccc4)ccc23)cc1.O=C(O)C(F)(F)F. The van der Waals surface area contributed by atoms with Crippen molar-refractivity contribution in [2.24, 2.45) is 0 Å². The highest BCUT2D eigenvalue weighted by molar-refractivity contribution is 6.02. The molecule has 0 radical (unpaired) electrons. The molecule has 0 saturated carbocycles. The van der Waals surface area contributed by atoms with E-state index in [4.69, 9.17) is 9.90 Å². The Morgan fingerprint density at radius 1 is 1.04 bits per heavy atom. The Labute approximate surface area is 271 Å². The van der Waals surface area contributed by atoms with Crippen molar-refractivity contribution in [3.8, 4) is 0 Å². The average molecular weight is 646 g/mol. The van der Waals surface area contributed by atoms with Gasteiger partial charge < -0.3 is 15.3 Å². The van der Waals surface area contributed by atoms with Crippen molar-refractivity contribution >= 4 is 41.0 Å². The van der Waals surface area contributed by atoms with Gasteiger partial charge in [-0.1, -0.05) is 66.7 Å². The molecule has 1 aromatic heterocycles. The first kappa shape index (κ1) is 33.6. The van der Waals surface area contributed by atoms with E-state index in [2.05, 4.69) is 106 Å². The lowest BCUT2D eigenvalue weighted by molar-refractivity contribution is -0.192. The van der Waals surface area contributed by atoms with E-state index in [1.807, 2.05) is 24.3 Å². The number of aromatic amines is 1. The lowest BCUT2D eigenvalue weighted by Gasteiger charge is -2.27. The van der Waals surface area contributed by atoms with Crippen molar-refractivity contribution in [3.63, 3.8) is 0 Å². The van der Waals surface area contributed by atoms with Crippen LogP contribution in [0.2, 0.25) is 0 Å². The number of aliphatic carboxylic acids is 1. The minimum Gasteiger partial charge on any atom is -0.475 e. The van der Waals surface area contributed by atoms with Gasteiger partial charge in [0.05, 0.1) is 11.2 Å². The van der Waals surface area contributed by atoms with E-state index < -0.39 is 12.1 Å². The summed E-state index contributed by atoms with van der Waals surface area (Å²) in [5, 5.41) is 18.9. The van der Waals surface area contributed by atoms with Crippen LogP contribution in [-0.4, -0.2) is 82.9 Å². The molecular weight excluding hydrogens is 607 g/mol. The second-order valence-corrected chi connectivity index (χ2v) is 12.1.